The van der Waals surface area contributed by atoms with Crippen molar-refractivity contribution in [2.75, 3.05) is 39.5 Å². The molecule has 0 radical (unpaired) electrons. The number of ether oxygens (including phenoxy) is 2. The number of carboxylic acid groups (broad SMARTS) is 1. The third-order valence-corrected chi connectivity index (χ3v) is 5.26. The molecule has 7 heteroatoms. The van der Waals surface area contributed by atoms with Gasteiger partial charge in [0.1, 0.15) is 12.4 Å². The van der Waals surface area contributed by atoms with E-state index in [2.05, 4.69) is 9.88 Å². The standard InChI is InChI=1S/C21H21ClN2O4/c22-19-12-20-17(18(13-23-20)21(25)26)11-16(19)14-1-3-15(4-2-14)28-10-7-24-5-8-27-9-6-24/h1-4,11-13,23H,5-10H2,(H,25,26). The Morgan fingerprint density at radius 3 is 2.68 bits per heavy atom. The number of aromatic amines is 1. The lowest BCUT2D eigenvalue weighted by Gasteiger charge is -2.26. The van der Waals surface area contributed by atoms with Gasteiger partial charge in [0.25, 0.3) is 0 Å². The number of halogens is 1. The van der Waals surface area contributed by atoms with Crippen LogP contribution in [0.5, 0.6) is 5.75 Å². The van der Waals surface area contributed by atoms with Crippen molar-refractivity contribution in [2.24, 2.45) is 0 Å². The van der Waals surface area contributed by atoms with Crippen LogP contribution in [0, 0.1) is 0 Å². The maximum Gasteiger partial charge on any atom is 0.337 e. The molecule has 0 bridgehead atoms. The first kappa shape index (κ1) is 18.8. The number of carboxylic acids is 1. The second-order valence-corrected chi connectivity index (χ2v) is 7.12. The molecule has 1 aromatic heterocycles. The molecule has 3 aromatic rings. The van der Waals surface area contributed by atoms with Crippen molar-refractivity contribution in [1.29, 1.82) is 0 Å². The van der Waals surface area contributed by atoms with Crippen LogP contribution in [0.15, 0.2) is 42.6 Å². The van der Waals surface area contributed by atoms with E-state index in [4.69, 9.17) is 21.1 Å². The van der Waals surface area contributed by atoms with Gasteiger partial charge in [0.2, 0.25) is 0 Å². The molecule has 0 atom stereocenters. The normalized spacial score (nSPS) is 15.0. The number of aromatic carboxylic acids is 1. The smallest absolute Gasteiger partial charge is 0.337 e. The van der Waals surface area contributed by atoms with Crippen molar-refractivity contribution in [3.05, 3.63) is 53.2 Å². The average molecular weight is 401 g/mol. The van der Waals surface area contributed by atoms with Crippen LogP contribution < -0.4 is 4.74 Å². The van der Waals surface area contributed by atoms with E-state index in [0.29, 0.717) is 22.5 Å². The number of H-pyrrole nitrogens is 1. The maximum atomic E-state index is 11.4. The minimum absolute atomic E-state index is 0.232. The van der Waals surface area contributed by atoms with Crippen molar-refractivity contribution in [1.82, 2.24) is 9.88 Å². The van der Waals surface area contributed by atoms with Crippen molar-refractivity contribution in [3.8, 4) is 16.9 Å². The van der Waals surface area contributed by atoms with Crippen LogP contribution in [0.2, 0.25) is 5.02 Å². The minimum atomic E-state index is -0.969. The quantitative estimate of drug-likeness (QED) is 0.656. The summed E-state index contributed by atoms with van der Waals surface area (Å²) in [6.07, 6.45) is 1.48. The number of hydrogen-bond donors (Lipinski definition) is 2. The number of fused-ring (bicyclic) bond motifs is 1. The monoisotopic (exact) mass is 400 g/mol. The highest BCUT2D eigenvalue weighted by molar-refractivity contribution is 6.34. The summed E-state index contributed by atoms with van der Waals surface area (Å²) in [4.78, 5) is 16.7. The average Bonchev–Trinajstić information content (AvgIpc) is 3.12. The molecule has 4 rings (SSSR count). The highest BCUT2D eigenvalue weighted by Gasteiger charge is 2.14. The molecule has 0 amide bonds. The summed E-state index contributed by atoms with van der Waals surface area (Å²) in [5, 5.41) is 10.5. The first-order chi connectivity index (χ1) is 13.6. The molecule has 2 heterocycles. The van der Waals surface area contributed by atoms with Gasteiger partial charge in [0, 0.05) is 42.3 Å². The Labute approximate surface area is 167 Å². The lowest BCUT2D eigenvalue weighted by molar-refractivity contribution is 0.0322. The first-order valence-corrected chi connectivity index (χ1v) is 9.57. The lowest BCUT2D eigenvalue weighted by Crippen LogP contribution is -2.38. The fraction of sp³-hybridized carbons (Fsp3) is 0.286. The summed E-state index contributed by atoms with van der Waals surface area (Å²) >= 11 is 6.42. The van der Waals surface area contributed by atoms with Gasteiger partial charge in [-0.2, -0.15) is 0 Å². The van der Waals surface area contributed by atoms with E-state index in [0.717, 1.165) is 49.7 Å². The summed E-state index contributed by atoms with van der Waals surface area (Å²) in [6, 6.07) is 11.3. The molecule has 0 aliphatic carbocycles. The number of hydrogen-bond acceptors (Lipinski definition) is 4. The van der Waals surface area contributed by atoms with Crippen LogP contribution in [0.1, 0.15) is 10.4 Å². The third kappa shape index (κ3) is 3.99. The van der Waals surface area contributed by atoms with E-state index in [1.165, 1.54) is 6.20 Å². The zero-order valence-electron chi connectivity index (χ0n) is 15.3. The highest BCUT2D eigenvalue weighted by Crippen LogP contribution is 2.34. The summed E-state index contributed by atoms with van der Waals surface area (Å²) < 4.78 is 11.2. The number of nitrogens with zero attached hydrogens (tertiary/aromatic N) is 1. The Kier molecular flexibility index (Phi) is 5.52. The molecule has 146 valence electrons. The van der Waals surface area contributed by atoms with Gasteiger partial charge < -0.3 is 19.6 Å². The number of morpholine rings is 1. The van der Waals surface area contributed by atoms with Gasteiger partial charge in [-0.1, -0.05) is 23.7 Å². The SMILES string of the molecule is O=C(O)c1c[nH]c2cc(Cl)c(-c3ccc(OCCN4CCOCC4)cc3)cc12. The summed E-state index contributed by atoms with van der Waals surface area (Å²) in [5.41, 5.74) is 2.63. The molecular formula is C21H21ClN2O4. The number of benzene rings is 2. The predicted octanol–water partition coefficient (Wildman–Crippen LogP) is 3.90. The van der Waals surface area contributed by atoms with E-state index in [1.54, 1.807) is 6.07 Å². The van der Waals surface area contributed by atoms with Crippen LogP contribution in [0.25, 0.3) is 22.0 Å². The molecule has 2 N–H and O–H groups in total. The number of nitrogens with one attached hydrogen (secondary N) is 1. The summed E-state index contributed by atoms with van der Waals surface area (Å²) in [7, 11) is 0. The van der Waals surface area contributed by atoms with Crippen molar-refractivity contribution >= 4 is 28.5 Å². The molecule has 6 nitrogen and oxygen atoms in total. The minimum Gasteiger partial charge on any atom is -0.492 e. The fourth-order valence-corrected chi connectivity index (χ4v) is 3.66. The second kappa shape index (κ2) is 8.22. The summed E-state index contributed by atoms with van der Waals surface area (Å²) in [6.45, 7) is 4.95. The van der Waals surface area contributed by atoms with Gasteiger partial charge in [-0.25, -0.2) is 4.79 Å². The number of aromatic nitrogens is 1. The third-order valence-electron chi connectivity index (χ3n) is 4.95. The van der Waals surface area contributed by atoms with Crippen LogP contribution >= 0.6 is 11.6 Å². The molecule has 0 unspecified atom stereocenters. The molecule has 28 heavy (non-hydrogen) atoms. The topological polar surface area (TPSA) is 74.8 Å². The van der Waals surface area contributed by atoms with Gasteiger partial charge in [0.05, 0.1) is 23.8 Å². The Morgan fingerprint density at radius 2 is 1.96 bits per heavy atom. The van der Waals surface area contributed by atoms with Crippen molar-refractivity contribution < 1.29 is 19.4 Å². The van der Waals surface area contributed by atoms with E-state index in [-0.39, 0.29) is 5.56 Å². The molecule has 1 fully saturated rings. The molecule has 0 spiro atoms. The number of rotatable bonds is 6. The van der Waals surface area contributed by atoms with Gasteiger partial charge in [-0.15, -0.1) is 0 Å². The van der Waals surface area contributed by atoms with Gasteiger partial charge in [-0.3, -0.25) is 4.90 Å². The maximum absolute atomic E-state index is 11.4. The summed E-state index contributed by atoms with van der Waals surface area (Å²) in [5.74, 6) is -0.175. The Bertz CT molecular complexity index is 978. The van der Waals surface area contributed by atoms with Gasteiger partial charge >= 0.3 is 5.97 Å². The van der Waals surface area contributed by atoms with E-state index >= 15 is 0 Å². The second-order valence-electron chi connectivity index (χ2n) is 6.71. The van der Waals surface area contributed by atoms with E-state index in [1.807, 2.05) is 30.3 Å². The van der Waals surface area contributed by atoms with Crippen LogP contribution in [0.3, 0.4) is 0 Å². The Hall–Kier alpha value is -2.54. The number of carbonyl (C=O) groups is 1. The largest absolute Gasteiger partial charge is 0.492 e. The molecule has 0 saturated carbocycles. The fourth-order valence-electron chi connectivity index (χ4n) is 3.39. The van der Waals surface area contributed by atoms with Crippen LogP contribution in [-0.2, 0) is 4.74 Å². The molecule has 1 aliphatic rings. The zero-order chi connectivity index (χ0) is 19.5. The van der Waals surface area contributed by atoms with Crippen LogP contribution in [0.4, 0.5) is 0 Å². The van der Waals surface area contributed by atoms with Crippen LogP contribution in [-0.4, -0.2) is 60.4 Å². The van der Waals surface area contributed by atoms with Gasteiger partial charge in [0.15, 0.2) is 0 Å². The zero-order valence-corrected chi connectivity index (χ0v) is 16.0. The van der Waals surface area contributed by atoms with Crippen molar-refractivity contribution in [2.45, 2.75) is 0 Å². The first-order valence-electron chi connectivity index (χ1n) is 9.19. The Balaban J connectivity index is 1.48. The molecule has 2 aromatic carbocycles. The highest BCUT2D eigenvalue weighted by atomic mass is 35.5. The molecule has 1 saturated heterocycles. The molecular weight excluding hydrogens is 380 g/mol. The van der Waals surface area contributed by atoms with E-state index in [9.17, 15) is 9.90 Å². The van der Waals surface area contributed by atoms with Crippen molar-refractivity contribution in [3.63, 3.8) is 0 Å². The lowest BCUT2D eigenvalue weighted by atomic mass is 10.0. The predicted molar refractivity (Wildman–Crippen MR) is 108 cm³/mol. The molecule has 1 aliphatic heterocycles. The van der Waals surface area contributed by atoms with E-state index < -0.39 is 5.97 Å². The van der Waals surface area contributed by atoms with Gasteiger partial charge in [-0.05, 0) is 29.8 Å². The Morgan fingerprint density at radius 1 is 1.21 bits per heavy atom.